The lowest BCUT2D eigenvalue weighted by Crippen LogP contribution is -2.48. The Balaban J connectivity index is 2.03. The van der Waals surface area contributed by atoms with E-state index in [4.69, 9.17) is 4.74 Å². The van der Waals surface area contributed by atoms with E-state index < -0.39 is 15.1 Å². The number of nitrogens with one attached hydrogen (secondary N) is 2. The lowest BCUT2D eigenvalue weighted by Gasteiger charge is -2.23. The molecule has 1 saturated heterocycles. The van der Waals surface area contributed by atoms with Gasteiger partial charge in [0.2, 0.25) is 5.91 Å². The van der Waals surface area contributed by atoms with Crippen molar-refractivity contribution in [1.29, 1.82) is 0 Å². The molecule has 1 heterocycles. The van der Waals surface area contributed by atoms with Gasteiger partial charge in [0.25, 0.3) is 0 Å². The summed E-state index contributed by atoms with van der Waals surface area (Å²) >= 11 is 0. The first-order valence-corrected chi connectivity index (χ1v) is 9.02. The number of morpholine rings is 1. The number of benzene rings is 1. The van der Waals surface area contributed by atoms with Gasteiger partial charge in [-0.3, -0.25) is 4.79 Å². The van der Waals surface area contributed by atoms with Crippen LogP contribution in [0.5, 0.6) is 0 Å². The van der Waals surface area contributed by atoms with Gasteiger partial charge in [0.05, 0.1) is 24.2 Å². The first-order valence-electron chi connectivity index (χ1n) is 7.31. The van der Waals surface area contributed by atoms with Gasteiger partial charge in [0, 0.05) is 12.2 Å². The molecule has 1 atom stereocenters. The van der Waals surface area contributed by atoms with Crippen LogP contribution < -0.4 is 10.6 Å². The summed E-state index contributed by atoms with van der Waals surface area (Å²) in [5.74, 6) is -0.206. The molecular formula is C15H22N2O4S. The number of ether oxygens (including phenoxy) is 1. The third-order valence-corrected chi connectivity index (χ3v) is 5.69. The maximum absolute atomic E-state index is 12.1. The van der Waals surface area contributed by atoms with Gasteiger partial charge in [-0.15, -0.1) is 0 Å². The Hall–Kier alpha value is -1.44. The molecule has 0 bridgehead atoms. The number of carbonyl (C=O) groups is 1. The van der Waals surface area contributed by atoms with E-state index in [1.54, 1.807) is 38.1 Å². The number of hydrogen-bond donors (Lipinski definition) is 2. The van der Waals surface area contributed by atoms with Crippen LogP contribution in [0.4, 0.5) is 5.69 Å². The van der Waals surface area contributed by atoms with E-state index in [0.717, 1.165) is 0 Å². The van der Waals surface area contributed by atoms with Gasteiger partial charge in [-0.25, -0.2) is 8.42 Å². The minimum atomic E-state index is -3.16. The smallest absolute Gasteiger partial charge is 0.243 e. The van der Waals surface area contributed by atoms with Crippen molar-refractivity contribution < 1.29 is 17.9 Å². The van der Waals surface area contributed by atoms with Crippen LogP contribution in [0.3, 0.4) is 0 Å². The molecule has 1 aromatic rings. The van der Waals surface area contributed by atoms with Crippen LogP contribution in [0.25, 0.3) is 0 Å². The maximum atomic E-state index is 12.1. The zero-order valence-electron chi connectivity index (χ0n) is 12.8. The Labute approximate surface area is 131 Å². The van der Waals surface area contributed by atoms with Gasteiger partial charge in [-0.1, -0.05) is 12.1 Å². The molecule has 1 fully saturated rings. The van der Waals surface area contributed by atoms with Gasteiger partial charge < -0.3 is 15.4 Å². The Morgan fingerprint density at radius 1 is 1.45 bits per heavy atom. The van der Waals surface area contributed by atoms with Crippen molar-refractivity contribution in [2.75, 3.05) is 25.1 Å². The third-order valence-electron chi connectivity index (χ3n) is 3.52. The first-order chi connectivity index (χ1) is 10.4. The second kappa shape index (κ2) is 7.21. The fourth-order valence-electron chi connectivity index (χ4n) is 2.10. The van der Waals surface area contributed by atoms with Crippen molar-refractivity contribution in [1.82, 2.24) is 5.32 Å². The van der Waals surface area contributed by atoms with Crippen LogP contribution in [0, 0.1) is 0 Å². The number of anilines is 1. The summed E-state index contributed by atoms with van der Waals surface area (Å²) in [6.45, 7) is 4.91. The monoisotopic (exact) mass is 326 g/mol. The summed E-state index contributed by atoms with van der Waals surface area (Å²) in [7, 11) is -3.16. The van der Waals surface area contributed by atoms with Crippen molar-refractivity contribution in [3.8, 4) is 0 Å². The van der Waals surface area contributed by atoms with Crippen LogP contribution in [-0.2, 0) is 25.1 Å². The predicted octanol–water partition coefficient (Wildman–Crippen LogP) is 0.937. The van der Waals surface area contributed by atoms with Crippen molar-refractivity contribution in [3.05, 3.63) is 29.8 Å². The summed E-state index contributed by atoms with van der Waals surface area (Å²) < 4.78 is 29.2. The highest BCUT2D eigenvalue weighted by Gasteiger charge is 2.21. The molecule has 7 heteroatoms. The normalized spacial score (nSPS) is 19.1. The van der Waals surface area contributed by atoms with Crippen LogP contribution in [0.15, 0.2) is 24.3 Å². The van der Waals surface area contributed by atoms with E-state index in [2.05, 4.69) is 10.6 Å². The molecule has 1 unspecified atom stereocenters. The SMILES string of the molecule is CC(C)S(=O)(=O)Cc1cccc(NC(=O)C2COCCN2)c1. The first kappa shape index (κ1) is 16.9. The molecule has 6 nitrogen and oxygen atoms in total. The number of sulfone groups is 1. The summed E-state index contributed by atoms with van der Waals surface area (Å²) in [4.78, 5) is 12.1. The molecule has 2 N–H and O–H groups in total. The zero-order chi connectivity index (χ0) is 16.2. The Bertz CT molecular complexity index is 622. The summed E-state index contributed by atoms with van der Waals surface area (Å²) in [5.41, 5.74) is 1.26. The van der Waals surface area contributed by atoms with E-state index in [9.17, 15) is 13.2 Å². The topological polar surface area (TPSA) is 84.5 Å². The minimum Gasteiger partial charge on any atom is -0.378 e. The maximum Gasteiger partial charge on any atom is 0.243 e. The van der Waals surface area contributed by atoms with E-state index in [-0.39, 0.29) is 17.7 Å². The second-order valence-electron chi connectivity index (χ2n) is 5.63. The molecule has 0 saturated carbocycles. The molecule has 0 aliphatic carbocycles. The third kappa shape index (κ3) is 4.53. The molecule has 1 aliphatic heterocycles. The minimum absolute atomic E-state index is 0.0286. The molecule has 1 aliphatic rings. The van der Waals surface area contributed by atoms with E-state index in [1.807, 2.05) is 0 Å². The number of rotatable bonds is 5. The van der Waals surface area contributed by atoms with Gasteiger partial charge in [-0.05, 0) is 31.5 Å². The number of hydrogen-bond acceptors (Lipinski definition) is 5. The lowest BCUT2D eigenvalue weighted by molar-refractivity contribution is -0.120. The fourth-order valence-corrected chi connectivity index (χ4v) is 3.08. The average molecular weight is 326 g/mol. The summed E-state index contributed by atoms with van der Waals surface area (Å²) in [6, 6.07) is 6.55. The molecule has 1 aromatic carbocycles. The van der Waals surface area contributed by atoms with Gasteiger partial charge in [0.15, 0.2) is 9.84 Å². The van der Waals surface area contributed by atoms with E-state index >= 15 is 0 Å². The summed E-state index contributed by atoms with van der Waals surface area (Å²) in [5, 5.41) is 5.44. The molecular weight excluding hydrogens is 304 g/mol. The van der Waals surface area contributed by atoms with Crippen LogP contribution >= 0.6 is 0 Å². The Morgan fingerprint density at radius 2 is 2.23 bits per heavy atom. The Kier molecular flexibility index (Phi) is 5.55. The Morgan fingerprint density at radius 3 is 2.86 bits per heavy atom. The number of amides is 1. The van der Waals surface area contributed by atoms with Crippen molar-refractivity contribution in [2.24, 2.45) is 0 Å². The zero-order valence-corrected chi connectivity index (χ0v) is 13.7. The highest BCUT2D eigenvalue weighted by atomic mass is 32.2. The van der Waals surface area contributed by atoms with Gasteiger partial charge in [-0.2, -0.15) is 0 Å². The summed E-state index contributed by atoms with van der Waals surface area (Å²) in [6.07, 6.45) is 0. The average Bonchev–Trinajstić information content (AvgIpc) is 2.48. The van der Waals surface area contributed by atoms with Crippen LogP contribution in [0.1, 0.15) is 19.4 Å². The number of carbonyl (C=O) groups excluding carboxylic acids is 1. The molecule has 0 aromatic heterocycles. The van der Waals surface area contributed by atoms with Gasteiger partial charge >= 0.3 is 0 Å². The van der Waals surface area contributed by atoms with Crippen LogP contribution in [0.2, 0.25) is 0 Å². The van der Waals surface area contributed by atoms with Crippen molar-refractivity contribution in [3.63, 3.8) is 0 Å². The lowest BCUT2D eigenvalue weighted by atomic mass is 10.2. The molecule has 0 spiro atoms. The molecule has 22 heavy (non-hydrogen) atoms. The standard InChI is InChI=1S/C15H22N2O4S/c1-11(2)22(19,20)10-12-4-3-5-13(8-12)17-15(18)14-9-21-7-6-16-14/h3-5,8,11,14,16H,6-7,9-10H2,1-2H3,(H,17,18). The fraction of sp³-hybridized carbons (Fsp3) is 0.533. The van der Waals surface area contributed by atoms with Crippen molar-refractivity contribution in [2.45, 2.75) is 30.9 Å². The van der Waals surface area contributed by atoms with Crippen molar-refractivity contribution >= 4 is 21.4 Å². The van der Waals surface area contributed by atoms with Crippen LogP contribution in [-0.4, -0.2) is 45.4 Å². The van der Waals surface area contributed by atoms with Gasteiger partial charge in [0.1, 0.15) is 6.04 Å². The largest absolute Gasteiger partial charge is 0.378 e. The van der Waals surface area contributed by atoms with E-state index in [0.29, 0.717) is 31.0 Å². The predicted molar refractivity (Wildman–Crippen MR) is 85.4 cm³/mol. The van der Waals surface area contributed by atoms with E-state index in [1.165, 1.54) is 0 Å². The molecule has 1 amide bonds. The second-order valence-corrected chi connectivity index (χ2v) is 8.18. The molecule has 122 valence electrons. The highest BCUT2D eigenvalue weighted by Crippen LogP contribution is 2.16. The molecule has 0 radical (unpaired) electrons. The highest BCUT2D eigenvalue weighted by molar-refractivity contribution is 7.91. The molecule has 2 rings (SSSR count). The quantitative estimate of drug-likeness (QED) is 0.841.